The second-order valence-electron chi connectivity index (χ2n) is 7.14. The van der Waals surface area contributed by atoms with Crippen LogP contribution in [0.4, 0.5) is 23.2 Å². The molecule has 1 N–H and O–H groups in total. The molecule has 0 bridgehead atoms. The molecule has 0 aromatic heterocycles. The highest BCUT2D eigenvalue weighted by Gasteiger charge is 2.40. The van der Waals surface area contributed by atoms with Crippen LogP contribution in [0.3, 0.4) is 0 Å². The molecule has 0 amide bonds. The molecule has 1 spiro atoms. The molecule has 27 heavy (non-hydrogen) atoms. The summed E-state index contributed by atoms with van der Waals surface area (Å²) in [6.45, 7) is 1.27. The van der Waals surface area contributed by atoms with E-state index in [4.69, 9.17) is 9.84 Å². The third-order valence-electron chi connectivity index (χ3n) is 5.26. The van der Waals surface area contributed by atoms with Gasteiger partial charge in [-0.1, -0.05) is 0 Å². The summed E-state index contributed by atoms with van der Waals surface area (Å²) in [5, 5.41) is 8.87. The maximum atomic E-state index is 14.1. The van der Waals surface area contributed by atoms with Crippen LogP contribution in [0.15, 0.2) is 18.2 Å². The number of halogens is 4. The molecule has 150 valence electrons. The lowest BCUT2D eigenvalue weighted by Crippen LogP contribution is -2.49. The van der Waals surface area contributed by atoms with Gasteiger partial charge in [-0.3, -0.25) is 4.79 Å². The number of hydrogen-bond donors (Lipinski definition) is 1. The lowest BCUT2D eigenvalue weighted by Gasteiger charge is -2.46. The van der Waals surface area contributed by atoms with Gasteiger partial charge < -0.3 is 19.5 Å². The van der Waals surface area contributed by atoms with Crippen molar-refractivity contribution in [2.45, 2.75) is 44.1 Å². The molecule has 1 atom stereocenters. The van der Waals surface area contributed by atoms with Gasteiger partial charge in [0.1, 0.15) is 11.6 Å². The van der Waals surface area contributed by atoms with Gasteiger partial charge >= 0.3 is 12.3 Å². The molecule has 2 saturated heterocycles. The third kappa shape index (κ3) is 5.03. The zero-order valence-electron chi connectivity index (χ0n) is 14.6. The zero-order chi connectivity index (χ0) is 19.7. The first kappa shape index (κ1) is 19.7. The lowest BCUT2D eigenvalue weighted by atomic mass is 9.81. The Hall–Kier alpha value is -2.03. The summed E-state index contributed by atoms with van der Waals surface area (Å²) in [6.07, 6.45) is -2.04. The Bertz CT molecular complexity index is 676. The van der Waals surface area contributed by atoms with Crippen molar-refractivity contribution in [2.75, 3.05) is 24.6 Å². The average Bonchev–Trinajstić information content (AvgIpc) is 2.58. The standard InChI is InChI=1S/C18H21F4NO4/c19-14-2-1-13(27-18(20,21)22)10-15(14)23-7-5-17(6-8-23)4-3-12(11-26-17)9-16(24)25/h1-2,10,12H,3-9,11H2,(H,24,25)/t12-/m1/s1. The second-order valence-corrected chi connectivity index (χ2v) is 7.14. The van der Waals surface area contributed by atoms with Crippen LogP contribution >= 0.6 is 0 Å². The molecule has 0 saturated carbocycles. The van der Waals surface area contributed by atoms with E-state index < -0.39 is 23.9 Å². The predicted octanol–water partition coefficient (Wildman–Crippen LogP) is 3.96. The van der Waals surface area contributed by atoms with Gasteiger partial charge in [-0.15, -0.1) is 13.2 Å². The van der Waals surface area contributed by atoms with Gasteiger partial charge in [0.2, 0.25) is 0 Å². The van der Waals surface area contributed by atoms with Crippen molar-refractivity contribution in [2.24, 2.45) is 5.92 Å². The van der Waals surface area contributed by atoms with Crippen molar-refractivity contribution in [3.63, 3.8) is 0 Å². The first-order valence-electron chi connectivity index (χ1n) is 8.82. The number of ether oxygens (including phenoxy) is 2. The topological polar surface area (TPSA) is 59.0 Å². The minimum atomic E-state index is -4.83. The molecule has 5 nitrogen and oxygen atoms in total. The van der Waals surface area contributed by atoms with Crippen LogP contribution in [-0.4, -0.2) is 42.7 Å². The molecule has 1 aromatic carbocycles. The Balaban J connectivity index is 1.61. The molecule has 2 aliphatic rings. The van der Waals surface area contributed by atoms with E-state index in [1.165, 1.54) is 0 Å². The molecule has 0 unspecified atom stereocenters. The lowest BCUT2D eigenvalue weighted by molar-refractivity contribution is -0.274. The maximum absolute atomic E-state index is 14.1. The van der Waals surface area contributed by atoms with Gasteiger partial charge in [0.05, 0.1) is 24.3 Å². The van der Waals surface area contributed by atoms with Gasteiger partial charge in [0.25, 0.3) is 0 Å². The van der Waals surface area contributed by atoms with E-state index in [0.717, 1.165) is 31.0 Å². The minimum absolute atomic E-state index is 0.000187. The SMILES string of the molecule is O=C(O)C[C@H]1CCC2(CCN(c3cc(OC(F)(F)F)ccc3F)CC2)OC1. The van der Waals surface area contributed by atoms with Crippen LogP contribution in [0, 0.1) is 11.7 Å². The summed E-state index contributed by atoms with van der Waals surface area (Å²) < 4.78 is 61.1. The first-order chi connectivity index (χ1) is 12.7. The molecule has 2 aliphatic heterocycles. The number of rotatable bonds is 4. The quantitative estimate of drug-likeness (QED) is 0.788. The number of aliphatic carboxylic acids is 1. The minimum Gasteiger partial charge on any atom is -0.481 e. The number of carbonyl (C=O) groups is 1. The number of carboxylic acids is 1. The molecule has 3 rings (SSSR count). The van der Waals surface area contributed by atoms with Crippen LogP contribution < -0.4 is 9.64 Å². The van der Waals surface area contributed by atoms with E-state index in [2.05, 4.69) is 4.74 Å². The Labute approximate surface area is 153 Å². The molecular weight excluding hydrogens is 370 g/mol. The van der Waals surface area contributed by atoms with Crippen molar-refractivity contribution < 1.29 is 36.9 Å². The number of benzene rings is 1. The zero-order valence-corrected chi connectivity index (χ0v) is 14.6. The van der Waals surface area contributed by atoms with Crippen molar-refractivity contribution in [3.8, 4) is 5.75 Å². The maximum Gasteiger partial charge on any atom is 0.573 e. The van der Waals surface area contributed by atoms with Gasteiger partial charge in [0.15, 0.2) is 0 Å². The summed E-state index contributed by atoms with van der Waals surface area (Å²) >= 11 is 0. The van der Waals surface area contributed by atoms with Gasteiger partial charge in [-0.2, -0.15) is 0 Å². The molecule has 2 fully saturated rings. The molecule has 0 radical (unpaired) electrons. The number of hydrogen-bond acceptors (Lipinski definition) is 4. The molecule has 9 heteroatoms. The van der Waals surface area contributed by atoms with Crippen LogP contribution in [0.1, 0.15) is 32.1 Å². The van der Waals surface area contributed by atoms with Crippen LogP contribution in [0.2, 0.25) is 0 Å². The largest absolute Gasteiger partial charge is 0.573 e. The van der Waals surface area contributed by atoms with Crippen molar-refractivity contribution in [3.05, 3.63) is 24.0 Å². The van der Waals surface area contributed by atoms with E-state index in [9.17, 15) is 22.4 Å². The van der Waals surface area contributed by atoms with Gasteiger partial charge in [-0.25, -0.2) is 4.39 Å². The Kier molecular flexibility index (Phi) is 5.50. The average molecular weight is 391 g/mol. The monoisotopic (exact) mass is 391 g/mol. The summed E-state index contributed by atoms with van der Waals surface area (Å²) in [5.41, 5.74) is -0.284. The van der Waals surface area contributed by atoms with E-state index in [0.29, 0.717) is 32.5 Å². The summed E-state index contributed by atoms with van der Waals surface area (Å²) in [6, 6.07) is 2.98. The van der Waals surface area contributed by atoms with Gasteiger partial charge in [-0.05, 0) is 43.7 Å². The number of piperidine rings is 1. The Morgan fingerprint density at radius 1 is 1.30 bits per heavy atom. The molecule has 0 aliphatic carbocycles. The summed E-state index contributed by atoms with van der Waals surface area (Å²) in [7, 11) is 0. The summed E-state index contributed by atoms with van der Waals surface area (Å²) in [5.74, 6) is -1.90. The smallest absolute Gasteiger partial charge is 0.481 e. The summed E-state index contributed by atoms with van der Waals surface area (Å²) in [4.78, 5) is 12.5. The number of nitrogens with zero attached hydrogens (tertiary/aromatic N) is 1. The number of alkyl halides is 3. The number of carboxylic acid groups (broad SMARTS) is 1. The highest BCUT2D eigenvalue weighted by molar-refractivity contribution is 5.67. The molecule has 1 aromatic rings. The van der Waals surface area contributed by atoms with Crippen molar-refractivity contribution in [1.29, 1.82) is 0 Å². The first-order valence-corrected chi connectivity index (χ1v) is 8.82. The van der Waals surface area contributed by atoms with Gasteiger partial charge in [0, 0.05) is 19.2 Å². The predicted molar refractivity (Wildman–Crippen MR) is 88.2 cm³/mol. The fourth-order valence-corrected chi connectivity index (χ4v) is 3.81. The van der Waals surface area contributed by atoms with Crippen molar-refractivity contribution in [1.82, 2.24) is 0 Å². The van der Waals surface area contributed by atoms with Crippen LogP contribution in [0.5, 0.6) is 5.75 Å². The second kappa shape index (κ2) is 7.53. The number of anilines is 1. The highest BCUT2D eigenvalue weighted by atomic mass is 19.4. The molecule has 2 heterocycles. The normalized spacial score (nSPS) is 22.7. The van der Waals surface area contributed by atoms with Crippen LogP contribution in [0.25, 0.3) is 0 Å². The Morgan fingerprint density at radius 3 is 2.56 bits per heavy atom. The fraction of sp³-hybridized carbons (Fsp3) is 0.611. The fourth-order valence-electron chi connectivity index (χ4n) is 3.81. The van der Waals surface area contributed by atoms with E-state index >= 15 is 0 Å². The van der Waals surface area contributed by atoms with E-state index in [1.54, 1.807) is 4.90 Å². The highest BCUT2D eigenvalue weighted by Crippen LogP contribution is 2.39. The van der Waals surface area contributed by atoms with Crippen molar-refractivity contribution >= 4 is 11.7 Å². The Morgan fingerprint density at radius 2 is 2.00 bits per heavy atom. The molecular formula is C18H21F4NO4. The third-order valence-corrected chi connectivity index (χ3v) is 5.26. The van der Waals surface area contributed by atoms with E-state index in [1.807, 2.05) is 0 Å². The van der Waals surface area contributed by atoms with E-state index in [-0.39, 0.29) is 23.6 Å². The van der Waals surface area contributed by atoms with Crippen LogP contribution in [-0.2, 0) is 9.53 Å².